The van der Waals surface area contributed by atoms with Crippen LogP contribution in [0.1, 0.15) is 26.7 Å². The Bertz CT molecular complexity index is 565. The van der Waals surface area contributed by atoms with Crippen molar-refractivity contribution in [2.24, 2.45) is 5.92 Å². The van der Waals surface area contributed by atoms with Crippen molar-refractivity contribution in [3.8, 4) is 0 Å². The lowest BCUT2D eigenvalue weighted by atomic mass is 9.98. The molecule has 1 saturated heterocycles. The second-order valence-electron chi connectivity index (χ2n) is 5.14. The highest BCUT2D eigenvalue weighted by Crippen LogP contribution is 2.27. The maximum atomic E-state index is 12.5. The van der Waals surface area contributed by atoms with Gasteiger partial charge in [0.15, 0.2) is 0 Å². The van der Waals surface area contributed by atoms with Gasteiger partial charge in [-0.25, -0.2) is 8.42 Å². The Labute approximate surface area is 130 Å². The highest BCUT2D eigenvalue weighted by atomic mass is 32.2. The second kappa shape index (κ2) is 6.89. The summed E-state index contributed by atoms with van der Waals surface area (Å²) in [6, 6.07) is 3.36. The summed E-state index contributed by atoms with van der Waals surface area (Å²) in [6.45, 7) is 6.04. The molecule has 0 aromatic carbocycles. The fourth-order valence-electron chi connectivity index (χ4n) is 2.69. The minimum absolute atomic E-state index is 0.0751. The zero-order valence-corrected chi connectivity index (χ0v) is 14.1. The Morgan fingerprint density at radius 2 is 2.14 bits per heavy atom. The molecule has 7 heteroatoms. The third-order valence-corrected chi connectivity index (χ3v) is 7.14. The smallest absolute Gasteiger partial charge is 0.252 e. The van der Waals surface area contributed by atoms with Crippen LogP contribution in [0.2, 0.25) is 0 Å². The quantitative estimate of drug-likeness (QED) is 0.830. The normalized spacial score (nSPS) is 20.4. The number of amides is 1. The van der Waals surface area contributed by atoms with Crippen molar-refractivity contribution in [2.75, 3.05) is 26.2 Å². The van der Waals surface area contributed by atoms with E-state index in [2.05, 4.69) is 0 Å². The van der Waals surface area contributed by atoms with Crippen LogP contribution in [-0.2, 0) is 14.8 Å². The summed E-state index contributed by atoms with van der Waals surface area (Å²) in [5, 5.41) is 1.76. The molecular weight excluding hydrogens is 308 g/mol. The van der Waals surface area contributed by atoms with Gasteiger partial charge >= 0.3 is 0 Å². The van der Waals surface area contributed by atoms with Crippen LogP contribution < -0.4 is 0 Å². The van der Waals surface area contributed by atoms with E-state index in [1.54, 1.807) is 22.4 Å². The third-order valence-electron chi connectivity index (χ3n) is 3.90. The maximum absolute atomic E-state index is 12.5. The van der Waals surface area contributed by atoms with Crippen LogP contribution in [0, 0.1) is 5.92 Å². The van der Waals surface area contributed by atoms with Gasteiger partial charge in [0.2, 0.25) is 5.91 Å². The molecule has 0 bridgehead atoms. The van der Waals surface area contributed by atoms with Gasteiger partial charge in [-0.1, -0.05) is 6.07 Å². The highest BCUT2D eigenvalue weighted by Gasteiger charge is 2.34. The SMILES string of the molecule is CCN(CC)C(=O)[C@@H]1CCCN(S(=O)(=O)c2cccs2)C1. The minimum atomic E-state index is -3.44. The van der Waals surface area contributed by atoms with E-state index in [0.717, 1.165) is 12.8 Å². The molecule has 2 rings (SSSR count). The van der Waals surface area contributed by atoms with E-state index in [9.17, 15) is 13.2 Å². The summed E-state index contributed by atoms with van der Waals surface area (Å²) in [4.78, 5) is 14.2. The fourth-order valence-corrected chi connectivity index (χ4v) is 5.36. The molecule has 1 aromatic heterocycles. The first-order chi connectivity index (χ1) is 10.0. The summed E-state index contributed by atoms with van der Waals surface area (Å²) in [5.41, 5.74) is 0. The average molecular weight is 330 g/mol. The molecule has 0 aliphatic carbocycles. The number of hydrogen-bond acceptors (Lipinski definition) is 4. The van der Waals surface area contributed by atoms with Gasteiger partial charge in [0.05, 0.1) is 5.92 Å². The summed E-state index contributed by atoms with van der Waals surface area (Å²) < 4.78 is 26.9. The number of thiophene rings is 1. The molecule has 1 aromatic rings. The second-order valence-corrected chi connectivity index (χ2v) is 8.26. The lowest BCUT2D eigenvalue weighted by Gasteiger charge is -2.33. The van der Waals surface area contributed by atoms with E-state index in [-0.39, 0.29) is 11.8 Å². The molecule has 5 nitrogen and oxygen atoms in total. The minimum Gasteiger partial charge on any atom is -0.343 e. The molecule has 21 heavy (non-hydrogen) atoms. The van der Waals surface area contributed by atoms with Crippen LogP contribution in [0.15, 0.2) is 21.7 Å². The van der Waals surface area contributed by atoms with E-state index < -0.39 is 10.0 Å². The molecule has 1 atom stereocenters. The molecule has 1 aliphatic rings. The number of nitrogens with zero attached hydrogens (tertiary/aromatic N) is 2. The van der Waals surface area contributed by atoms with Crippen molar-refractivity contribution in [1.82, 2.24) is 9.21 Å². The molecule has 0 spiro atoms. The van der Waals surface area contributed by atoms with Gasteiger partial charge in [0, 0.05) is 26.2 Å². The first-order valence-electron chi connectivity index (χ1n) is 7.33. The zero-order chi connectivity index (χ0) is 15.5. The van der Waals surface area contributed by atoms with Crippen molar-refractivity contribution in [3.63, 3.8) is 0 Å². The van der Waals surface area contributed by atoms with E-state index in [1.165, 1.54) is 15.6 Å². The summed E-state index contributed by atoms with van der Waals surface area (Å²) >= 11 is 1.22. The molecule has 0 saturated carbocycles. The Kier molecular flexibility index (Phi) is 5.40. The largest absolute Gasteiger partial charge is 0.343 e. The van der Waals surface area contributed by atoms with E-state index in [0.29, 0.717) is 30.4 Å². The maximum Gasteiger partial charge on any atom is 0.252 e. The lowest BCUT2D eigenvalue weighted by Crippen LogP contribution is -2.46. The van der Waals surface area contributed by atoms with E-state index in [1.807, 2.05) is 13.8 Å². The number of carbonyl (C=O) groups is 1. The Hall–Kier alpha value is -0.920. The predicted octanol–water partition coefficient (Wildman–Crippen LogP) is 2.02. The number of piperidine rings is 1. The van der Waals surface area contributed by atoms with Crippen LogP contribution in [0.4, 0.5) is 0 Å². The summed E-state index contributed by atoms with van der Waals surface area (Å²) in [5.74, 6) is -0.139. The van der Waals surface area contributed by atoms with Gasteiger partial charge in [0.1, 0.15) is 4.21 Å². The van der Waals surface area contributed by atoms with Gasteiger partial charge in [0.25, 0.3) is 10.0 Å². The van der Waals surface area contributed by atoms with E-state index in [4.69, 9.17) is 0 Å². The molecule has 118 valence electrons. The zero-order valence-electron chi connectivity index (χ0n) is 12.5. The van der Waals surface area contributed by atoms with E-state index >= 15 is 0 Å². The third kappa shape index (κ3) is 3.46. The average Bonchev–Trinajstić information content (AvgIpc) is 3.03. The van der Waals surface area contributed by atoms with Crippen molar-refractivity contribution < 1.29 is 13.2 Å². The topological polar surface area (TPSA) is 57.7 Å². The Morgan fingerprint density at radius 1 is 1.43 bits per heavy atom. The molecule has 1 amide bonds. The number of hydrogen-bond donors (Lipinski definition) is 0. The summed E-state index contributed by atoms with van der Waals surface area (Å²) in [7, 11) is -3.44. The molecule has 1 fully saturated rings. The number of sulfonamides is 1. The van der Waals surface area contributed by atoms with Crippen LogP contribution in [0.25, 0.3) is 0 Å². The molecule has 2 heterocycles. The van der Waals surface area contributed by atoms with Gasteiger partial charge in [-0.2, -0.15) is 4.31 Å². The van der Waals surface area contributed by atoms with Crippen molar-refractivity contribution in [2.45, 2.75) is 30.9 Å². The molecule has 0 radical (unpaired) electrons. The Morgan fingerprint density at radius 3 is 2.71 bits per heavy atom. The van der Waals surface area contributed by atoms with Crippen molar-refractivity contribution in [1.29, 1.82) is 0 Å². The predicted molar refractivity (Wildman–Crippen MR) is 83.7 cm³/mol. The van der Waals surface area contributed by atoms with Gasteiger partial charge in [-0.05, 0) is 38.1 Å². The number of rotatable bonds is 5. The van der Waals surface area contributed by atoms with Crippen LogP contribution in [-0.4, -0.2) is 49.7 Å². The van der Waals surface area contributed by atoms with Crippen LogP contribution in [0.5, 0.6) is 0 Å². The lowest BCUT2D eigenvalue weighted by molar-refractivity contribution is -0.136. The standard InChI is InChI=1S/C14H22N2O3S2/c1-3-15(4-2)14(17)12-7-5-9-16(11-12)21(18,19)13-8-6-10-20-13/h6,8,10,12H,3-5,7,9,11H2,1-2H3/t12-/m1/s1. The highest BCUT2D eigenvalue weighted by molar-refractivity contribution is 7.91. The molecule has 0 N–H and O–H groups in total. The molecular formula is C14H22N2O3S2. The van der Waals surface area contributed by atoms with Gasteiger partial charge in [-0.15, -0.1) is 11.3 Å². The first-order valence-corrected chi connectivity index (χ1v) is 9.65. The molecule has 1 aliphatic heterocycles. The monoisotopic (exact) mass is 330 g/mol. The van der Waals surface area contributed by atoms with Crippen LogP contribution >= 0.6 is 11.3 Å². The van der Waals surface area contributed by atoms with Crippen molar-refractivity contribution >= 4 is 27.3 Å². The van der Waals surface area contributed by atoms with Crippen molar-refractivity contribution in [3.05, 3.63) is 17.5 Å². The first kappa shape index (κ1) is 16.5. The number of carbonyl (C=O) groups excluding carboxylic acids is 1. The van der Waals surface area contributed by atoms with Crippen LogP contribution in [0.3, 0.4) is 0 Å². The van der Waals surface area contributed by atoms with Gasteiger partial charge in [-0.3, -0.25) is 4.79 Å². The summed E-state index contributed by atoms with van der Waals surface area (Å²) in [6.07, 6.45) is 1.51. The molecule has 0 unspecified atom stereocenters. The fraction of sp³-hybridized carbons (Fsp3) is 0.643. The van der Waals surface area contributed by atoms with Gasteiger partial charge < -0.3 is 4.90 Å². The Balaban J connectivity index is 2.13.